The fourth-order valence-corrected chi connectivity index (χ4v) is 2.47. The first-order chi connectivity index (χ1) is 10.4. The topological polar surface area (TPSA) is 48.4 Å². The Balaban J connectivity index is 1.90. The molecule has 0 saturated carbocycles. The lowest BCUT2D eigenvalue weighted by Crippen LogP contribution is -2.40. The monoisotopic (exact) mass is 321 g/mol. The second-order valence-electron chi connectivity index (χ2n) is 5.71. The zero-order chi connectivity index (χ0) is 16.3. The van der Waals surface area contributed by atoms with Crippen LogP contribution in [0.15, 0.2) is 0 Å². The van der Waals surface area contributed by atoms with Gasteiger partial charge in [0.2, 0.25) is 11.6 Å². The average molecular weight is 321 g/mol. The van der Waals surface area contributed by atoms with E-state index < -0.39 is 35.3 Å². The van der Waals surface area contributed by atoms with Crippen LogP contribution in [0.3, 0.4) is 0 Å². The first kappa shape index (κ1) is 17.0. The Hall–Kier alpha value is -1.41. The first-order valence-electron chi connectivity index (χ1n) is 7.22. The molecule has 0 bridgehead atoms. The smallest absolute Gasteiger partial charge is 0.253 e. The minimum absolute atomic E-state index is 0.219. The molecule has 2 rings (SSSR count). The Labute approximate surface area is 126 Å². The van der Waals surface area contributed by atoms with Crippen LogP contribution in [-0.2, 0) is 0 Å². The number of pyridine rings is 1. The number of nitrogens with zero attached hydrogens (tertiary/aromatic N) is 2. The van der Waals surface area contributed by atoms with E-state index in [9.17, 15) is 22.7 Å². The van der Waals surface area contributed by atoms with Gasteiger partial charge in [0.05, 0.1) is 6.10 Å². The minimum atomic E-state index is -1.72. The van der Waals surface area contributed by atoms with E-state index in [1.54, 1.807) is 0 Å². The number of aliphatic hydroxyl groups excluding tert-OH is 1. The second kappa shape index (κ2) is 7.23. The van der Waals surface area contributed by atoms with Crippen LogP contribution >= 0.6 is 0 Å². The zero-order valence-electron chi connectivity index (χ0n) is 12.3. The van der Waals surface area contributed by atoms with Gasteiger partial charge in [-0.15, -0.1) is 0 Å². The van der Waals surface area contributed by atoms with Crippen molar-refractivity contribution in [1.29, 1.82) is 0 Å². The molecular weight excluding hydrogens is 302 g/mol. The molecule has 2 heterocycles. The maximum absolute atomic E-state index is 13.4. The van der Waals surface area contributed by atoms with E-state index in [0.717, 1.165) is 25.9 Å². The van der Waals surface area contributed by atoms with E-state index in [2.05, 4.69) is 17.2 Å². The van der Waals surface area contributed by atoms with E-state index in [1.807, 2.05) is 4.90 Å². The van der Waals surface area contributed by atoms with Gasteiger partial charge in [-0.3, -0.25) is 0 Å². The van der Waals surface area contributed by atoms with Crippen LogP contribution < -0.4 is 5.32 Å². The van der Waals surface area contributed by atoms with Crippen molar-refractivity contribution in [2.24, 2.45) is 5.92 Å². The van der Waals surface area contributed by atoms with Crippen molar-refractivity contribution < 1.29 is 22.7 Å². The van der Waals surface area contributed by atoms with Gasteiger partial charge in [-0.25, -0.2) is 0 Å². The normalized spacial score (nSPS) is 18.5. The number of hydrogen-bond acceptors (Lipinski definition) is 4. The molecule has 0 amide bonds. The molecule has 22 heavy (non-hydrogen) atoms. The number of halogens is 4. The van der Waals surface area contributed by atoms with Crippen LogP contribution in [0, 0.1) is 29.4 Å². The predicted molar refractivity (Wildman–Crippen MR) is 73.4 cm³/mol. The number of piperidine rings is 1. The summed E-state index contributed by atoms with van der Waals surface area (Å²) in [6, 6.07) is 0. The number of anilines is 1. The summed E-state index contributed by atoms with van der Waals surface area (Å²) in [6.07, 6.45) is 1.15. The van der Waals surface area contributed by atoms with Crippen molar-refractivity contribution in [3.63, 3.8) is 0 Å². The van der Waals surface area contributed by atoms with Gasteiger partial charge in [-0.05, 0) is 31.8 Å². The summed E-state index contributed by atoms with van der Waals surface area (Å²) in [5.74, 6) is -5.99. The average Bonchev–Trinajstić information content (AvgIpc) is 2.47. The fraction of sp³-hybridized carbons (Fsp3) is 0.643. The summed E-state index contributed by atoms with van der Waals surface area (Å²) < 4.78 is 52.7. The Morgan fingerprint density at radius 3 is 2.27 bits per heavy atom. The molecule has 0 aromatic carbocycles. The number of aliphatic hydroxyl groups is 1. The molecule has 0 aliphatic carbocycles. The number of aromatic nitrogens is 1. The van der Waals surface area contributed by atoms with Crippen LogP contribution in [0.5, 0.6) is 0 Å². The van der Waals surface area contributed by atoms with Gasteiger partial charge < -0.3 is 15.3 Å². The number of likely N-dealkylation sites (tertiary alicyclic amines) is 1. The maximum atomic E-state index is 13.4. The Morgan fingerprint density at radius 2 is 1.73 bits per heavy atom. The third-order valence-corrected chi connectivity index (χ3v) is 3.86. The Morgan fingerprint density at radius 1 is 1.18 bits per heavy atom. The van der Waals surface area contributed by atoms with Crippen LogP contribution in [-0.4, -0.2) is 47.3 Å². The molecule has 4 nitrogen and oxygen atoms in total. The molecular formula is C14H19F4N3O. The van der Waals surface area contributed by atoms with Gasteiger partial charge in [-0.2, -0.15) is 22.5 Å². The molecule has 0 spiro atoms. The third kappa shape index (κ3) is 4.07. The highest BCUT2D eigenvalue weighted by Crippen LogP contribution is 2.22. The van der Waals surface area contributed by atoms with Crippen molar-refractivity contribution in [3.05, 3.63) is 23.5 Å². The fourth-order valence-electron chi connectivity index (χ4n) is 2.47. The highest BCUT2D eigenvalue weighted by Gasteiger charge is 2.22. The van der Waals surface area contributed by atoms with Crippen molar-refractivity contribution in [3.8, 4) is 0 Å². The summed E-state index contributed by atoms with van der Waals surface area (Å²) in [6.45, 7) is 3.97. The standard InChI is InChI=1S/C14H19F4N3O/c1-8-2-4-21(5-3-8)7-9(22)6-19-12-10(15)13(17)20-14(18)11(12)16/h8-9,22H,2-7H2,1H3,(H,19,20). The van der Waals surface area contributed by atoms with E-state index in [0.29, 0.717) is 12.5 Å². The van der Waals surface area contributed by atoms with Crippen LogP contribution in [0.4, 0.5) is 23.2 Å². The second-order valence-corrected chi connectivity index (χ2v) is 5.71. The molecule has 124 valence electrons. The highest BCUT2D eigenvalue weighted by atomic mass is 19.2. The molecule has 2 N–H and O–H groups in total. The molecule has 1 fully saturated rings. The first-order valence-corrected chi connectivity index (χ1v) is 7.22. The quantitative estimate of drug-likeness (QED) is 0.644. The molecule has 1 aromatic rings. The predicted octanol–water partition coefficient (Wildman–Crippen LogP) is 2.14. The van der Waals surface area contributed by atoms with E-state index in [-0.39, 0.29) is 6.54 Å². The van der Waals surface area contributed by atoms with Gasteiger partial charge in [0.1, 0.15) is 5.69 Å². The maximum Gasteiger partial charge on any atom is 0.253 e. The van der Waals surface area contributed by atoms with Crippen molar-refractivity contribution in [2.45, 2.75) is 25.9 Å². The zero-order valence-corrected chi connectivity index (χ0v) is 12.3. The molecule has 8 heteroatoms. The molecule has 1 aliphatic heterocycles. The van der Waals surface area contributed by atoms with Gasteiger partial charge in [-0.1, -0.05) is 6.92 Å². The van der Waals surface area contributed by atoms with E-state index in [4.69, 9.17) is 0 Å². The van der Waals surface area contributed by atoms with Crippen molar-refractivity contribution in [1.82, 2.24) is 9.88 Å². The summed E-state index contributed by atoms with van der Waals surface area (Å²) in [5, 5.41) is 12.1. The van der Waals surface area contributed by atoms with E-state index >= 15 is 0 Å². The van der Waals surface area contributed by atoms with Crippen LogP contribution in [0.2, 0.25) is 0 Å². The van der Waals surface area contributed by atoms with Crippen LogP contribution in [0.1, 0.15) is 19.8 Å². The molecule has 1 aromatic heterocycles. The van der Waals surface area contributed by atoms with E-state index in [1.165, 1.54) is 0 Å². The van der Waals surface area contributed by atoms with Gasteiger partial charge in [0.15, 0.2) is 0 Å². The lowest BCUT2D eigenvalue weighted by molar-refractivity contribution is 0.0989. The van der Waals surface area contributed by atoms with Gasteiger partial charge in [0, 0.05) is 13.1 Å². The SMILES string of the molecule is CC1CCN(CC(O)CNc2c(F)c(F)nc(F)c2F)CC1. The largest absolute Gasteiger partial charge is 0.390 e. The molecule has 0 radical (unpaired) electrons. The summed E-state index contributed by atoms with van der Waals surface area (Å²) in [7, 11) is 0. The Kier molecular flexibility index (Phi) is 5.57. The lowest BCUT2D eigenvalue weighted by atomic mass is 9.99. The lowest BCUT2D eigenvalue weighted by Gasteiger charge is -2.31. The number of β-amino-alcohol motifs (C(OH)–C–C–N with tert-alkyl or cyclic N) is 1. The molecule has 1 atom stereocenters. The number of nitrogens with one attached hydrogen (secondary N) is 1. The molecule has 1 unspecified atom stereocenters. The van der Waals surface area contributed by atoms with Crippen molar-refractivity contribution >= 4 is 5.69 Å². The number of rotatable bonds is 5. The Bertz CT molecular complexity index is 495. The van der Waals surface area contributed by atoms with Crippen molar-refractivity contribution in [2.75, 3.05) is 31.5 Å². The highest BCUT2D eigenvalue weighted by molar-refractivity contribution is 5.45. The summed E-state index contributed by atoms with van der Waals surface area (Å²) >= 11 is 0. The molecule has 1 aliphatic rings. The van der Waals surface area contributed by atoms with Gasteiger partial charge >= 0.3 is 0 Å². The number of hydrogen-bond donors (Lipinski definition) is 2. The van der Waals surface area contributed by atoms with Gasteiger partial charge in [0.25, 0.3) is 11.9 Å². The summed E-state index contributed by atoms with van der Waals surface area (Å²) in [4.78, 5) is 4.52. The summed E-state index contributed by atoms with van der Waals surface area (Å²) in [5.41, 5.74) is -0.948. The minimum Gasteiger partial charge on any atom is -0.390 e. The molecule has 1 saturated heterocycles. The van der Waals surface area contributed by atoms with Crippen LogP contribution in [0.25, 0.3) is 0 Å². The third-order valence-electron chi connectivity index (χ3n) is 3.86.